The average molecular weight is 244 g/mol. The van der Waals surface area contributed by atoms with Crippen molar-refractivity contribution in [3.05, 3.63) is 35.9 Å². The van der Waals surface area contributed by atoms with Crippen LogP contribution in [0.1, 0.15) is 18.9 Å². The van der Waals surface area contributed by atoms with Crippen molar-refractivity contribution in [2.75, 3.05) is 5.75 Å². The Balaban J connectivity index is 2.24. The quantitative estimate of drug-likeness (QED) is 0.739. The Morgan fingerprint density at radius 3 is 2.71 bits per heavy atom. The van der Waals surface area contributed by atoms with Crippen LogP contribution in [0.25, 0.3) is 0 Å². The molecule has 0 atom stereocenters. The highest BCUT2D eigenvalue weighted by atomic mass is 32.2. The summed E-state index contributed by atoms with van der Waals surface area (Å²) in [5, 5.41) is 0. The third kappa shape index (κ3) is 5.03. The van der Waals surface area contributed by atoms with Gasteiger partial charge in [-0.1, -0.05) is 49.5 Å². The van der Waals surface area contributed by atoms with Crippen molar-refractivity contribution in [1.29, 1.82) is 0 Å². The van der Waals surface area contributed by atoms with E-state index in [1.807, 2.05) is 17.8 Å². The molecule has 0 saturated heterocycles. The van der Waals surface area contributed by atoms with Crippen LogP contribution in [0.4, 0.5) is 0 Å². The van der Waals surface area contributed by atoms with Gasteiger partial charge < -0.3 is 0 Å². The van der Waals surface area contributed by atoms with E-state index in [0.29, 0.717) is 0 Å². The van der Waals surface area contributed by atoms with E-state index in [-0.39, 0.29) is 0 Å². The van der Waals surface area contributed by atoms with Crippen LogP contribution in [-0.2, 0) is 5.75 Å². The molecule has 78 valence electrons. The molecule has 0 bridgehead atoms. The number of hydrogen-bond acceptors (Lipinski definition) is 2. The minimum atomic E-state index is 0.852. The van der Waals surface area contributed by atoms with Crippen molar-refractivity contribution >= 4 is 39.3 Å². The molecule has 0 unspecified atom stereocenters. The second kappa shape index (κ2) is 7.32. The van der Waals surface area contributed by atoms with Gasteiger partial charge in [0.1, 0.15) is 0 Å². The smallest absolute Gasteiger partial charge is 0.0819 e. The van der Waals surface area contributed by atoms with Gasteiger partial charge in [0, 0.05) is 5.75 Å². The molecular formula is C11H16S3. The summed E-state index contributed by atoms with van der Waals surface area (Å²) in [6.45, 7) is 2.21. The van der Waals surface area contributed by atoms with E-state index in [1.54, 1.807) is 0 Å². The number of thioether (sulfide) groups is 1. The van der Waals surface area contributed by atoms with E-state index in [2.05, 4.69) is 31.2 Å². The van der Waals surface area contributed by atoms with Crippen LogP contribution in [0.5, 0.6) is 0 Å². The molecule has 0 heterocycles. The summed E-state index contributed by atoms with van der Waals surface area (Å²) >= 11 is 7.96. The lowest BCUT2D eigenvalue weighted by molar-refractivity contribution is 1.11. The molecule has 0 aliphatic carbocycles. The highest BCUT2D eigenvalue weighted by molar-refractivity contribution is 8.46. The molecular weight excluding hydrogens is 228 g/mol. The maximum Gasteiger partial charge on any atom is 0.0819 e. The van der Waals surface area contributed by atoms with E-state index in [0.717, 1.165) is 17.5 Å². The summed E-state index contributed by atoms with van der Waals surface area (Å²) in [6, 6.07) is 10.5. The lowest BCUT2D eigenvalue weighted by Crippen LogP contribution is -1.86. The average Bonchev–Trinajstić information content (AvgIpc) is 2.25. The van der Waals surface area contributed by atoms with Crippen LogP contribution in [0, 0.1) is 0 Å². The van der Waals surface area contributed by atoms with E-state index >= 15 is 0 Å². The number of hydrogen-bond donors (Lipinski definition) is 0. The molecule has 0 nitrogen and oxygen atoms in total. The molecule has 1 aromatic carbocycles. The third-order valence-electron chi connectivity index (χ3n) is 1.73. The Morgan fingerprint density at radius 2 is 2.07 bits per heavy atom. The molecule has 0 radical (unpaired) electrons. The number of rotatable bonds is 4. The Bertz CT molecular complexity index is 269. The highest BCUT2D eigenvalue weighted by Crippen LogP contribution is 2.21. The summed E-state index contributed by atoms with van der Waals surface area (Å²) in [6.07, 6.45) is 1.24. The van der Waals surface area contributed by atoms with Crippen molar-refractivity contribution in [2.45, 2.75) is 19.1 Å². The monoisotopic (exact) mass is 244 g/mol. The molecule has 0 aromatic heterocycles. The molecule has 0 amide bonds. The van der Waals surface area contributed by atoms with Crippen LogP contribution in [0.15, 0.2) is 30.3 Å². The molecule has 1 rings (SSSR count). The first-order chi connectivity index (χ1) is 6.83. The first kappa shape index (κ1) is 12.1. The van der Waals surface area contributed by atoms with Crippen molar-refractivity contribution in [3.63, 3.8) is 0 Å². The normalized spacial score (nSPS) is 11.5. The summed E-state index contributed by atoms with van der Waals surface area (Å²) in [5.41, 5.74) is 1.36. The topological polar surface area (TPSA) is 0 Å². The van der Waals surface area contributed by atoms with Gasteiger partial charge in [0.25, 0.3) is 0 Å². The molecule has 0 spiro atoms. The molecule has 0 N–H and O–H groups in total. The van der Waals surface area contributed by atoms with Crippen LogP contribution in [0.3, 0.4) is 0 Å². The van der Waals surface area contributed by atoms with Gasteiger partial charge in [0.05, 0.1) is 3.53 Å². The largest absolute Gasteiger partial charge is 0.224 e. The van der Waals surface area contributed by atoms with Crippen molar-refractivity contribution in [2.24, 2.45) is 0 Å². The van der Waals surface area contributed by atoms with E-state index in [4.69, 9.17) is 12.2 Å². The van der Waals surface area contributed by atoms with Crippen LogP contribution in [-0.4, -0.2) is 9.28 Å². The fourth-order valence-corrected chi connectivity index (χ4v) is 3.36. The molecule has 0 saturated carbocycles. The summed E-state index contributed by atoms with van der Waals surface area (Å²) in [5.74, 6) is 2.27. The lowest BCUT2D eigenvalue weighted by atomic mass is 10.2. The summed E-state index contributed by atoms with van der Waals surface area (Å²) < 4.78 is 1.18. The number of benzene rings is 1. The molecule has 14 heavy (non-hydrogen) atoms. The van der Waals surface area contributed by atoms with Gasteiger partial charge in [-0.15, -0.1) is 11.8 Å². The van der Waals surface area contributed by atoms with Gasteiger partial charge in [-0.25, -0.2) is 11.8 Å². The van der Waals surface area contributed by atoms with Crippen molar-refractivity contribution in [3.8, 4) is 0 Å². The summed E-state index contributed by atoms with van der Waals surface area (Å²) in [4.78, 5) is 0. The SMILES string of the molecule is CCC[SH2]C(=S)SCc1ccccc1. The molecule has 1 aromatic rings. The Labute approximate surface area is 99.9 Å². The summed E-state index contributed by atoms with van der Waals surface area (Å²) in [7, 11) is 0. The van der Waals surface area contributed by atoms with E-state index < -0.39 is 0 Å². The third-order valence-corrected chi connectivity index (χ3v) is 5.16. The first-order valence-electron chi connectivity index (χ1n) is 4.77. The van der Waals surface area contributed by atoms with E-state index in [1.165, 1.54) is 21.3 Å². The maximum absolute atomic E-state index is 5.29. The van der Waals surface area contributed by atoms with Gasteiger partial charge in [-0.3, -0.25) is 0 Å². The molecule has 0 fully saturated rings. The second-order valence-electron chi connectivity index (χ2n) is 2.99. The Morgan fingerprint density at radius 1 is 1.36 bits per heavy atom. The van der Waals surface area contributed by atoms with E-state index in [9.17, 15) is 0 Å². The minimum absolute atomic E-state index is 0.852. The predicted molar refractivity (Wildman–Crippen MR) is 75.9 cm³/mol. The molecule has 0 aliphatic rings. The van der Waals surface area contributed by atoms with Gasteiger partial charge in [0.2, 0.25) is 0 Å². The van der Waals surface area contributed by atoms with Crippen molar-refractivity contribution < 1.29 is 0 Å². The first-order valence-corrected chi connectivity index (χ1v) is 7.37. The second-order valence-corrected chi connectivity index (χ2v) is 6.72. The van der Waals surface area contributed by atoms with Crippen LogP contribution < -0.4 is 0 Å². The fraction of sp³-hybridized carbons (Fsp3) is 0.364. The molecule has 3 heteroatoms. The highest BCUT2D eigenvalue weighted by Gasteiger charge is 1.96. The zero-order valence-electron chi connectivity index (χ0n) is 8.32. The van der Waals surface area contributed by atoms with Crippen LogP contribution in [0.2, 0.25) is 0 Å². The zero-order chi connectivity index (χ0) is 10.2. The van der Waals surface area contributed by atoms with Crippen molar-refractivity contribution in [1.82, 2.24) is 0 Å². The maximum atomic E-state index is 5.29. The Kier molecular flexibility index (Phi) is 6.32. The lowest BCUT2D eigenvalue weighted by Gasteiger charge is -2.04. The van der Waals surface area contributed by atoms with Gasteiger partial charge >= 0.3 is 0 Å². The van der Waals surface area contributed by atoms with Crippen LogP contribution >= 0.6 is 35.7 Å². The standard InChI is InChI=1S/C11H16S3/c1-2-8-13-11(12)14-9-10-6-4-3-5-7-10/h3-7H,2,8-9,13H2,1H3. The minimum Gasteiger partial charge on any atom is -0.224 e. The predicted octanol–water partition coefficient (Wildman–Crippen LogP) is 3.81. The number of thiocarbonyl (C=S) groups is 1. The van der Waals surface area contributed by atoms with Gasteiger partial charge in [-0.05, 0) is 17.7 Å². The van der Waals surface area contributed by atoms with Gasteiger partial charge in [0.15, 0.2) is 0 Å². The Hall–Kier alpha value is 0.01000. The van der Waals surface area contributed by atoms with Gasteiger partial charge in [-0.2, -0.15) is 0 Å². The molecule has 0 aliphatic heterocycles. The zero-order valence-corrected chi connectivity index (χ0v) is 11.0. The fourth-order valence-electron chi connectivity index (χ4n) is 1.00.